The fourth-order valence-corrected chi connectivity index (χ4v) is 2.11. The van der Waals surface area contributed by atoms with Gasteiger partial charge in [-0.1, -0.05) is 5.21 Å². The summed E-state index contributed by atoms with van der Waals surface area (Å²) in [5.41, 5.74) is 1.00. The van der Waals surface area contributed by atoms with Gasteiger partial charge in [0.15, 0.2) is 0 Å². The summed E-state index contributed by atoms with van der Waals surface area (Å²) in [6.45, 7) is 5.07. The van der Waals surface area contributed by atoms with Crippen LogP contribution in [0.15, 0.2) is 6.20 Å². The van der Waals surface area contributed by atoms with Crippen LogP contribution < -0.4 is 5.32 Å². The van der Waals surface area contributed by atoms with Crippen LogP contribution in [0.2, 0.25) is 0 Å². The van der Waals surface area contributed by atoms with Crippen LogP contribution in [0.5, 0.6) is 0 Å². The molecule has 17 heavy (non-hydrogen) atoms. The lowest BCUT2D eigenvalue weighted by atomic mass is 10.2. The van der Waals surface area contributed by atoms with Gasteiger partial charge in [0.05, 0.1) is 12.2 Å². The van der Waals surface area contributed by atoms with Gasteiger partial charge >= 0.3 is 0 Å². The highest BCUT2D eigenvalue weighted by molar-refractivity contribution is 4.91. The van der Waals surface area contributed by atoms with Crippen LogP contribution in [0.1, 0.15) is 25.5 Å². The Labute approximate surface area is 103 Å². The van der Waals surface area contributed by atoms with E-state index in [-0.39, 0.29) is 0 Å². The molecule has 0 aromatic carbocycles. The predicted octanol–water partition coefficient (Wildman–Crippen LogP) is 0.728. The number of rotatable bonds is 7. The summed E-state index contributed by atoms with van der Waals surface area (Å²) in [5, 5.41) is 11.3. The third kappa shape index (κ3) is 3.51. The first-order chi connectivity index (χ1) is 8.20. The van der Waals surface area contributed by atoms with Gasteiger partial charge in [0, 0.05) is 25.3 Å². The quantitative estimate of drug-likeness (QED) is 0.759. The highest BCUT2D eigenvalue weighted by Gasteiger charge is 2.30. The standard InChI is InChI=1S/C12H23N5/c1-10(11-4-5-11)16(3)6-7-17-9-12(8-13-2)14-15-17/h9-11,13H,4-8H2,1-3H3. The Morgan fingerprint density at radius 1 is 1.59 bits per heavy atom. The maximum atomic E-state index is 4.13. The van der Waals surface area contributed by atoms with Crippen LogP contribution in [0.3, 0.4) is 0 Å². The van der Waals surface area contributed by atoms with E-state index in [1.807, 2.05) is 17.9 Å². The zero-order chi connectivity index (χ0) is 12.3. The van der Waals surface area contributed by atoms with E-state index >= 15 is 0 Å². The first-order valence-corrected chi connectivity index (χ1v) is 6.44. The van der Waals surface area contributed by atoms with Gasteiger partial charge in [-0.25, -0.2) is 0 Å². The Kier molecular flexibility index (Phi) is 4.12. The fourth-order valence-electron chi connectivity index (χ4n) is 2.11. The van der Waals surface area contributed by atoms with Crippen molar-refractivity contribution in [3.63, 3.8) is 0 Å². The first kappa shape index (κ1) is 12.5. The van der Waals surface area contributed by atoms with Crippen LogP contribution in [-0.2, 0) is 13.1 Å². The van der Waals surface area contributed by atoms with E-state index in [9.17, 15) is 0 Å². The minimum Gasteiger partial charge on any atom is -0.314 e. The largest absolute Gasteiger partial charge is 0.314 e. The smallest absolute Gasteiger partial charge is 0.0964 e. The maximum Gasteiger partial charge on any atom is 0.0964 e. The number of aromatic nitrogens is 3. The molecule has 1 aliphatic carbocycles. The number of likely N-dealkylation sites (N-methyl/N-ethyl adjacent to an activating group) is 1. The SMILES string of the molecule is CNCc1cn(CCN(C)C(C)C2CC2)nn1. The summed E-state index contributed by atoms with van der Waals surface area (Å²) in [5.74, 6) is 0.926. The Hall–Kier alpha value is -0.940. The number of nitrogens with zero attached hydrogens (tertiary/aromatic N) is 4. The van der Waals surface area contributed by atoms with Gasteiger partial charge in [0.25, 0.3) is 0 Å². The lowest BCUT2D eigenvalue weighted by Gasteiger charge is -2.24. The van der Waals surface area contributed by atoms with E-state index in [4.69, 9.17) is 0 Å². The van der Waals surface area contributed by atoms with Gasteiger partial charge in [-0.05, 0) is 39.8 Å². The number of nitrogens with one attached hydrogen (secondary N) is 1. The molecule has 1 atom stereocenters. The summed E-state index contributed by atoms with van der Waals surface area (Å²) in [7, 11) is 4.12. The molecule has 0 bridgehead atoms. The van der Waals surface area contributed by atoms with Gasteiger partial charge in [-0.2, -0.15) is 0 Å². The molecule has 1 saturated carbocycles. The molecule has 5 heteroatoms. The molecule has 5 nitrogen and oxygen atoms in total. The van der Waals surface area contributed by atoms with Gasteiger partial charge in [0.1, 0.15) is 0 Å². The van der Waals surface area contributed by atoms with Gasteiger partial charge in [-0.15, -0.1) is 5.10 Å². The molecule has 1 unspecified atom stereocenters. The predicted molar refractivity (Wildman–Crippen MR) is 67.6 cm³/mol. The van der Waals surface area contributed by atoms with E-state index in [0.29, 0.717) is 6.04 Å². The summed E-state index contributed by atoms with van der Waals surface area (Å²) >= 11 is 0. The zero-order valence-corrected chi connectivity index (χ0v) is 11.1. The highest BCUT2D eigenvalue weighted by atomic mass is 15.4. The van der Waals surface area contributed by atoms with E-state index in [0.717, 1.165) is 31.2 Å². The summed E-state index contributed by atoms with van der Waals surface area (Å²) < 4.78 is 1.93. The van der Waals surface area contributed by atoms with Gasteiger partial charge in [-0.3, -0.25) is 4.68 Å². The highest BCUT2D eigenvalue weighted by Crippen LogP contribution is 2.34. The van der Waals surface area contributed by atoms with Crippen molar-refractivity contribution in [2.24, 2.45) is 5.92 Å². The Morgan fingerprint density at radius 2 is 2.35 bits per heavy atom. The van der Waals surface area contributed by atoms with Crippen molar-refractivity contribution in [2.75, 3.05) is 20.6 Å². The second kappa shape index (κ2) is 5.60. The molecule has 0 aliphatic heterocycles. The minimum atomic E-state index is 0.704. The van der Waals surface area contributed by atoms with Crippen LogP contribution in [0, 0.1) is 5.92 Å². The van der Waals surface area contributed by atoms with Crippen LogP contribution in [0.25, 0.3) is 0 Å². The molecule has 1 heterocycles. The van der Waals surface area contributed by atoms with Crippen molar-refractivity contribution in [3.8, 4) is 0 Å². The average molecular weight is 237 g/mol. The number of hydrogen-bond donors (Lipinski definition) is 1. The molecule has 1 fully saturated rings. The molecular weight excluding hydrogens is 214 g/mol. The molecular formula is C12H23N5. The monoisotopic (exact) mass is 237 g/mol. The van der Waals surface area contributed by atoms with Crippen molar-refractivity contribution in [1.29, 1.82) is 0 Å². The molecule has 0 amide bonds. The molecule has 1 N–H and O–H groups in total. The molecule has 0 radical (unpaired) electrons. The fraction of sp³-hybridized carbons (Fsp3) is 0.833. The van der Waals surface area contributed by atoms with Crippen molar-refractivity contribution >= 4 is 0 Å². The maximum absolute atomic E-state index is 4.13. The van der Waals surface area contributed by atoms with Crippen molar-refractivity contribution < 1.29 is 0 Å². The van der Waals surface area contributed by atoms with Gasteiger partial charge in [0.2, 0.25) is 0 Å². The van der Waals surface area contributed by atoms with E-state index < -0.39 is 0 Å². The Morgan fingerprint density at radius 3 is 3.00 bits per heavy atom. The van der Waals surface area contributed by atoms with Crippen molar-refractivity contribution in [2.45, 2.75) is 38.9 Å². The summed E-state index contributed by atoms with van der Waals surface area (Å²) in [6, 6.07) is 0.704. The normalized spacial score (nSPS) is 17.6. The molecule has 2 rings (SSSR count). The Bertz CT molecular complexity index is 344. The molecule has 1 aromatic heterocycles. The number of hydrogen-bond acceptors (Lipinski definition) is 4. The molecule has 1 aromatic rings. The minimum absolute atomic E-state index is 0.704. The zero-order valence-electron chi connectivity index (χ0n) is 11.1. The molecule has 0 saturated heterocycles. The lowest BCUT2D eigenvalue weighted by Crippen LogP contribution is -2.33. The third-order valence-electron chi connectivity index (χ3n) is 3.63. The van der Waals surface area contributed by atoms with Crippen LogP contribution in [0.4, 0.5) is 0 Å². The molecule has 96 valence electrons. The molecule has 1 aliphatic rings. The van der Waals surface area contributed by atoms with Crippen molar-refractivity contribution in [3.05, 3.63) is 11.9 Å². The average Bonchev–Trinajstić information content (AvgIpc) is 3.08. The lowest BCUT2D eigenvalue weighted by molar-refractivity contribution is 0.222. The van der Waals surface area contributed by atoms with Gasteiger partial charge < -0.3 is 10.2 Å². The Balaban J connectivity index is 1.75. The van der Waals surface area contributed by atoms with E-state index in [1.165, 1.54) is 12.8 Å². The van der Waals surface area contributed by atoms with Crippen LogP contribution in [-0.4, -0.2) is 46.6 Å². The second-order valence-electron chi connectivity index (χ2n) is 5.06. The topological polar surface area (TPSA) is 46.0 Å². The second-order valence-corrected chi connectivity index (χ2v) is 5.06. The summed E-state index contributed by atoms with van der Waals surface area (Å²) in [6.07, 6.45) is 4.83. The molecule has 0 spiro atoms. The summed E-state index contributed by atoms with van der Waals surface area (Å²) in [4.78, 5) is 2.43. The third-order valence-corrected chi connectivity index (χ3v) is 3.63. The first-order valence-electron chi connectivity index (χ1n) is 6.44. The van der Waals surface area contributed by atoms with Crippen molar-refractivity contribution in [1.82, 2.24) is 25.2 Å². The van der Waals surface area contributed by atoms with E-state index in [1.54, 1.807) is 0 Å². The van der Waals surface area contributed by atoms with Crippen LogP contribution >= 0.6 is 0 Å². The van der Waals surface area contributed by atoms with E-state index in [2.05, 4.69) is 34.5 Å².